The summed E-state index contributed by atoms with van der Waals surface area (Å²) in [7, 11) is 0. The van der Waals surface area contributed by atoms with Gasteiger partial charge >= 0.3 is 17.8 Å². The van der Waals surface area contributed by atoms with Crippen LogP contribution in [0.25, 0.3) is 52.9 Å². The summed E-state index contributed by atoms with van der Waals surface area (Å²) in [4.78, 5) is 25.1. The number of hydrogen-bond acceptors (Lipinski definition) is 4. The number of halogens is 6. The van der Waals surface area contributed by atoms with Crippen LogP contribution < -0.4 is 0 Å². The molecule has 6 aromatic rings. The molecule has 0 unspecified atom stereocenters. The second-order valence-corrected chi connectivity index (χ2v) is 19.2. The summed E-state index contributed by atoms with van der Waals surface area (Å²) in [5, 5.41) is 0. The highest BCUT2D eigenvalue weighted by molar-refractivity contribution is 7.19. The van der Waals surface area contributed by atoms with Crippen molar-refractivity contribution in [1.82, 2.24) is 0 Å². The van der Waals surface area contributed by atoms with Gasteiger partial charge in [0, 0.05) is 52.9 Å². The number of hydrogen-bond donors (Lipinski definition) is 0. The van der Waals surface area contributed by atoms with Crippen molar-refractivity contribution < 1.29 is 35.9 Å². The molecule has 0 amide bonds. The van der Waals surface area contributed by atoms with Crippen LogP contribution in [0.4, 0.5) is 26.3 Å². The molecule has 2 nitrogen and oxygen atoms in total. The highest BCUT2D eigenvalue weighted by atomic mass is 32.1. The molecule has 0 saturated heterocycles. The summed E-state index contributed by atoms with van der Waals surface area (Å²) in [6.45, 7) is 14.8. The van der Waals surface area contributed by atoms with Crippen LogP contribution in [-0.2, 0) is 10.8 Å². The third kappa shape index (κ3) is 7.33. The van der Waals surface area contributed by atoms with Gasteiger partial charge in [-0.05, 0) is 70.2 Å². The predicted molar refractivity (Wildman–Crippen MR) is 229 cm³/mol. The highest BCUT2D eigenvalue weighted by Crippen LogP contribution is 2.67. The molecule has 2 heterocycles. The zero-order chi connectivity index (χ0) is 43.0. The summed E-state index contributed by atoms with van der Waals surface area (Å²) in [5.41, 5.74) is 0.1000. The second-order valence-electron chi connectivity index (χ2n) is 17.1. The van der Waals surface area contributed by atoms with E-state index in [2.05, 4.69) is 0 Å². The first-order valence-electron chi connectivity index (χ1n) is 19.0. The molecule has 2 aromatic heterocycles. The van der Waals surface area contributed by atoms with Gasteiger partial charge < -0.3 is 0 Å². The molecule has 0 bridgehead atoms. The Bertz CT molecular complexity index is 2430. The zero-order valence-corrected chi connectivity index (χ0v) is 35.4. The normalized spacial score (nSPS) is 16.1. The van der Waals surface area contributed by atoms with Gasteiger partial charge in [0.25, 0.3) is 0 Å². The van der Waals surface area contributed by atoms with Crippen molar-refractivity contribution >= 4 is 45.4 Å². The SMILES string of the molecule is CC(=O)c1ccc(-c2cc(C3=C(c4cc(-c5ccc(C(C)=O)cc5)sc4-c4ccc(C(C)(C)C)cc4)C(F)(F)C(F)(F)C3(F)F)c(-c3ccc(C(C)(C)C)cc3)s2)cc1. The molecule has 10 heteroatoms. The lowest BCUT2D eigenvalue weighted by molar-refractivity contribution is -0.254. The molecule has 0 atom stereocenters. The van der Waals surface area contributed by atoms with Gasteiger partial charge in [-0.25, -0.2) is 0 Å². The molecule has 0 N–H and O–H groups in total. The van der Waals surface area contributed by atoms with E-state index in [0.29, 0.717) is 43.1 Å². The van der Waals surface area contributed by atoms with E-state index in [1.165, 1.54) is 26.0 Å². The average molecular weight is 841 g/mol. The van der Waals surface area contributed by atoms with Crippen molar-refractivity contribution in [3.63, 3.8) is 0 Å². The Hall–Kier alpha value is -5.06. The van der Waals surface area contributed by atoms with E-state index in [9.17, 15) is 9.59 Å². The van der Waals surface area contributed by atoms with Crippen LogP contribution in [0.3, 0.4) is 0 Å². The standard InChI is InChI=1S/C49H42F6O2S2/c1-27(56)29-9-13-31(14-10-29)39-25-37(43(58-39)33-17-21-35(22-18-33)45(3,4)5)41-42(48(52,53)49(54,55)47(41,50)51)38-26-40(32-15-11-30(12-16-32)28(2)57)59-44(38)34-19-23-36(24-20-34)46(6,7)8/h9-26H,1-8H3. The molecule has 7 rings (SSSR count). The maximum atomic E-state index is 16.8. The Morgan fingerprint density at radius 3 is 1.02 bits per heavy atom. The Labute approximate surface area is 348 Å². The molecule has 304 valence electrons. The molecule has 0 aliphatic heterocycles. The molecule has 0 saturated carbocycles. The van der Waals surface area contributed by atoms with E-state index >= 15 is 26.3 Å². The highest BCUT2D eigenvalue weighted by Gasteiger charge is 2.80. The Kier molecular flexibility index (Phi) is 10.4. The van der Waals surface area contributed by atoms with Gasteiger partial charge in [-0.2, -0.15) is 26.3 Å². The number of rotatable bonds is 8. The van der Waals surface area contributed by atoms with Gasteiger partial charge in [0.15, 0.2) is 11.6 Å². The van der Waals surface area contributed by atoms with Crippen LogP contribution >= 0.6 is 22.7 Å². The first kappa shape index (κ1) is 42.1. The molecular weight excluding hydrogens is 799 g/mol. The summed E-state index contributed by atoms with van der Waals surface area (Å²) in [5.74, 6) is -16.8. The summed E-state index contributed by atoms with van der Waals surface area (Å²) >= 11 is 2.04. The molecule has 0 spiro atoms. The quantitative estimate of drug-likeness (QED) is 0.113. The van der Waals surface area contributed by atoms with Crippen molar-refractivity contribution in [3.05, 3.63) is 143 Å². The largest absolute Gasteiger partial charge is 0.380 e. The van der Waals surface area contributed by atoms with Crippen LogP contribution in [0, 0.1) is 0 Å². The van der Waals surface area contributed by atoms with Crippen molar-refractivity contribution in [1.29, 1.82) is 0 Å². The lowest BCUT2D eigenvalue weighted by Crippen LogP contribution is -2.48. The van der Waals surface area contributed by atoms with E-state index in [0.717, 1.165) is 33.8 Å². The van der Waals surface area contributed by atoms with E-state index in [-0.39, 0.29) is 32.2 Å². The first-order chi connectivity index (χ1) is 27.4. The summed E-state index contributed by atoms with van der Waals surface area (Å²) < 4.78 is 99.4. The minimum atomic E-state index is -5.80. The number of ketones is 2. The smallest absolute Gasteiger partial charge is 0.295 e. The second kappa shape index (κ2) is 14.6. The number of carbonyl (C=O) groups is 2. The monoisotopic (exact) mass is 840 g/mol. The van der Waals surface area contributed by atoms with E-state index in [4.69, 9.17) is 0 Å². The molecule has 0 fully saturated rings. The average Bonchev–Trinajstić information content (AvgIpc) is 3.83. The topological polar surface area (TPSA) is 34.1 Å². The van der Waals surface area contributed by atoms with Gasteiger partial charge in [0.05, 0.1) is 0 Å². The Morgan fingerprint density at radius 1 is 0.458 bits per heavy atom. The number of alkyl halides is 6. The minimum absolute atomic E-state index is 0.114. The van der Waals surface area contributed by atoms with E-state index in [1.807, 2.05) is 65.8 Å². The molecule has 1 aliphatic rings. The number of Topliss-reactive ketones (excluding diaryl/α,β-unsaturated/α-hetero) is 2. The first-order valence-corrected chi connectivity index (χ1v) is 20.7. The fraction of sp³-hybridized carbons (Fsp3) is 0.265. The Morgan fingerprint density at radius 2 is 0.746 bits per heavy atom. The van der Waals surface area contributed by atoms with Crippen molar-refractivity contribution in [2.45, 2.75) is 84.0 Å². The fourth-order valence-corrected chi connectivity index (χ4v) is 9.63. The van der Waals surface area contributed by atoms with E-state index in [1.54, 1.807) is 72.8 Å². The van der Waals surface area contributed by atoms with Gasteiger partial charge in [-0.1, -0.05) is 139 Å². The van der Waals surface area contributed by atoms with Crippen LogP contribution in [0.15, 0.2) is 109 Å². The number of allylic oxidation sites excluding steroid dienone is 2. The van der Waals surface area contributed by atoms with Gasteiger partial charge in [0.1, 0.15) is 0 Å². The van der Waals surface area contributed by atoms with Crippen LogP contribution in [0.1, 0.15) is 98.4 Å². The van der Waals surface area contributed by atoms with Crippen LogP contribution in [0.2, 0.25) is 0 Å². The van der Waals surface area contributed by atoms with Crippen molar-refractivity contribution in [3.8, 4) is 41.8 Å². The van der Waals surface area contributed by atoms with Gasteiger partial charge in [-0.15, -0.1) is 22.7 Å². The van der Waals surface area contributed by atoms with E-state index < -0.39 is 40.0 Å². The van der Waals surface area contributed by atoms with Crippen LogP contribution in [0.5, 0.6) is 0 Å². The molecule has 4 aromatic carbocycles. The third-order valence-corrected chi connectivity index (χ3v) is 13.3. The fourth-order valence-electron chi connectivity index (χ4n) is 7.28. The number of carbonyl (C=O) groups excluding carboxylic acids is 2. The van der Waals surface area contributed by atoms with Crippen LogP contribution in [-0.4, -0.2) is 29.3 Å². The molecule has 1 aliphatic carbocycles. The maximum Gasteiger partial charge on any atom is 0.380 e. The third-order valence-electron chi connectivity index (χ3n) is 10.8. The minimum Gasteiger partial charge on any atom is -0.295 e. The van der Waals surface area contributed by atoms with Crippen molar-refractivity contribution in [2.75, 3.05) is 0 Å². The molecule has 59 heavy (non-hydrogen) atoms. The Balaban J connectivity index is 1.56. The molecular formula is C49H42F6O2S2. The zero-order valence-electron chi connectivity index (χ0n) is 33.8. The maximum absolute atomic E-state index is 16.8. The van der Waals surface area contributed by atoms with Gasteiger partial charge in [0.2, 0.25) is 0 Å². The predicted octanol–water partition coefficient (Wildman–Crippen LogP) is 15.3. The summed E-state index contributed by atoms with van der Waals surface area (Å²) in [6.07, 6.45) is 0. The lowest BCUT2D eigenvalue weighted by Gasteiger charge is -2.26. The summed E-state index contributed by atoms with van der Waals surface area (Å²) in [6, 6.07) is 29.3. The van der Waals surface area contributed by atoms with Gasteiger partial charge in [-0.3, -0.25) is 9.59 Å². The van der Waals surface area contributed by atoms with Crippen molar-refractivity contribution in [2.24, 2.45) is 0 Å². The molecule has 0 radical (unpaired) electrons. The number of thiophene rings is 2. The lowest BCUT2D eigenvalue weighted by atomic mass is 9.86. The number of benzene rings is 4.